The summed E-state index contributed by atoms with van der Waals surface area (Å²) in [7, 11) is 4.14. The largest absolute Gasteiger partial charge is 0.497 e. The van der Waals surface area contributed by atoms with E-state index in [1.165, 1.54) is 26.6 Å². The van der Waals surface area contributed by atoms with E-state index in [2.05, 4.69) is 63.6 Å². The van der Waals surface area contributed by atoms with Crippen molar-refractivity contribution in [1.82, 2.24) is 45.0 Å². The van der Waals surface area contributed by atoms with E-state index in [9.17, 15) is 19.2 Å². The van der Waals surface area contributed by atoms with E-state index >= 15 is 0 Å². The third-order valence-corrected chi connectivity index (χ3v) is 11.3. The molecule has 0 saturated carbocycles. The number of rotatable bonds is 8. The van der Waals surface area contributed by atoms with Crippen molar-refractivity contribution in [1.29, 1.82) is 0 Å². The molecule has 19 nitrogen and oxygen atoms in total. The van der Waals surface area contributed by atoms with Gasteiger partial charge in [0.15, 0.2) is 32.9 Å². The molecule has 0 spiro atoms. The molecule has 7 rings (SSSR count). The molecule has 0 bridgehead atoms. The fourth-order valence-corrected chi connectivity index (χ4v) is 7.30. The zero-order valence-electron chi connectivity index (χ0n) is 37.8. The Kier molecular flexibility index (Phi) is 16.6. The van der Waals surface area contributed by atoms with Crippen LogP contribution in [0.1, 0.15) is 93.8 Å². The van der Waals surface area contributed by atoms with Gasteiger partial charge >= 0.3 is 18.0 Å². The normalized spacial score (nSPS) is 15.4. The quantitative estimate of drug-likeness (QED) is 0.116. The van der Waals surface area contributed by atoms with Crippen LogP contribution in [-0.4, -0.2) is 116 Å². The summed E-state index contributed by atoms with van der Waals surface area (Å²) in [5.74, 6) is 0.966. The fourth-order valence-electron chi connectivity index (χ4n) is 6.70. The number of halogens is 3. The molecule has 0 unspecified atom stereocenters. The van der Waals surface area contributed by atoms with Gasteiger partial charge in [-0.3, -0.25) is 14.6 Å². The zero-order valence-corrected chi connectivity index (χ0v) is 40.1. The summed E-state index contributed by atoms with van der Waals surface area (Å²) in [6, 6.07) is 7.78. The minimum absolute atomic E-state index is 0.00800. The first-order valence-electron chi connectivity index (χ1n) is 20.6. The second-order valence-electron chi connectivity index (χ2n) is 17.3. The molecule has 350 valence electrons. The van der Waals surface area contributed by atoms with Crippen molar-refractivity contribution < 1.29 is 33.3 Å². The lowest BCUT2D eigenvalue weighted by Gasteiger charge is -2.40. The number of amides is 1. The Labute approximate surface area is 391 Å². The second kappa shape index (κ2) is 21.5. The van der Waals surface area contributed by atoms with E-state index in [0.717, 1.165) is 43.1 Å². The molecule has 65 heavy (non-hydrogen) atoms. The number of anilines is 2. The summed E-state index contributed by atoms with van der Waals surface area (Å²) in [6.45, 7) is 15.9. The van der Waals surface area contributed by atoms with Crippen LogP contribution in [0.15, 0.2) is 47.7 Å². The second-order valence-corrected chi connectivity index (χ2v) is 18.4. The molecular formula is C43H54Cl3N11O8. The number of nitrogens with zero attached hydrogens (tertiary/aromatic N) is 9. The van der Waals surface area contributed by atoms with Gasteiger partial charge in [0.25, 0.3) is 5.56 Å². The summed E-state index contributed by atoms with van der Waals surface area (Å²) < 4.78 is 21.3. The molecule has 6 heterocycles. The molecule has 22 heteroatoms. The minimum atomic E-state index is -0.635. The molecule has 0 aliphatic carbocycles. The van der Waals surface area contributed by atoms with Crippen LogP contribution in [-0.2, 0) is 20.8 Å². The lowest BCUT2D eigenvalue weighted by molar-refractivity contribution is 0.0446. The number of fused-ring (bicyclic) bond motifs is 1. The highest BCUT2D eigenvalue weighted by molar-refractivity contribution is 6.34. The predicted octanol–water partition coefficient (Wildman–Crippen LogP) is 7.17. The van der Waals surface area contributed by atoms with Gasteiger partial charge in [0, 0.05) is 31.7 Å². The SMILES string of the molecule is COC(=O)c1ncc(Cl)nc1Cl.COC(=O)c1ncc(N2CCC(C)(NC(=O)OC(C)(C)C)CC2)nc1Cl.COc1ccc(Cn2[nH]c(=O)c3ncc(N4CCC(C)(C)CC4)nc32)cc1. The van der Waals surface area contributed by atoms with E-state index in [1.54, 1.807) is 18.0 Å². The lowest BCUT2D eigenvalue weighted by atomic mass is 9.83. The number of aromatic amines is 1. The Morgan fingerprint density at radius 2 is 1.28 bits per heavy atom. The highest BCUT2D eigenvalue weighted by Gasteiger charge is 2.34. The van der Waals surface area contributed by atoms with Crippen molar-refractivity contribution in [3.8, 4) is 5.75 Å². The number of alkyl carbamates (subject to hydrolysis) is 1. The van der Waals surface area contributed by atoms with Crippen LogP contribution < -0.4 is 25.4 Å². The van der Waals surface area contributed by atoms with Gasteiger partial charge in [-0.25, -0.2) is 44.3 Å². The van der Waals surface area contributed by atoms with Crippen molar-refractivity contribution in [3.63, 3.8) is 0 Å². The van der Waals surface area contributed by atoms with E-state index in [0.29, 0.717) is 54.9 Å². The average molecular weight is 959 g/mol. The molecule has 5 aromatic rings. The molecule has 1 aromatic carbocycles. The predicted molar refractivity (Wildman–Crippen MR) is 246 cm³/mol. The zero-order chi connectivity index (χ0) is 47.7. The molecule has 1 amide bonds. The fraction of sp³-hybridized carbons (Fsp3) is 0.488. The molecule has 2 aliphatic rings. The number of hydrogen-bond donors (Lipinski definition) is 2. The van der Waals surface area contributed by atoms with Gasteiger partial charge in [-0.2, -0.15) is 0 Å². The maximum absolute atomic E-state index is 12.3. The number of carbonyl (C=O) groups is 3. The van der Waals surface area contributed by atoms with Crippen molar-refractivity contribution in [2.24, 2.45) is 5.41 Å². The van der Waals surface area contributed by atoms with Crippen molar-refractivity contribution in [2.45, 2.75) is 84.9 Å². The number of ether oxygens (including phenoxy) is 4. The third-order valence-electron chi connectivity index (χ3n) is 10.6. The number of piperidine rings is 2. The van der Waals surface area contributed by atoms with Crippen LogP contribution in [0.4, 0.5) is 16.4 Å². The molecule has 2 aliphatic heterocycles. The number of benzene rings is 1. The van der Waals surface area contributed by atoms with Gasteiger partial charge in [-0.15, -0.1) is 0 Å². The van der Waals surface area contributed by atoms with Crippen LogP contribution in [0.3, 0.4) is 0 Å². The number of carbonyl (C=O) groups excluding carboxylic acids is 3. The number of aromatic nitrogens is 8. The van der Waals surface area contributed by atoms with Crippen LogP contribution in [0.5, 0.6) is 5.75 Å². The van der Waals surface area contributed by atoms with Gasteiger partial charge in [0.2, 0.25) is 0 Å². The first kappa shape index (κ1) is 50.2. The highest BCUT2D eigenvalue weighted by atomic mass is 35.5. The maximum Gasteiger partial charge on any atom is 0.408 e. The lowest BCUT2D eigenvalue weighted by Crippen LogP contribution is -2.54. The van der Waals surface area contributed by atoms with Gasteiger partial charge in [0.05, 0.1) is 46.5 Å². The van der Waals surface area contributed by atoms with E-state index in [4.69, 9.17) is 49.3 Å². The van der Waals surface area contributed by atoms with E-state index in [1.807, 2.05) is 56.9 Å². The molecule has 2 fully saturated rings. The number of nitrogens with one attached hydrogen (secondary N) is 2. The van der Waals surface area contributed by atoms with Crippen molar-refractivity contribution in [3.05, 3.63) is 85.6 Å². The Morgan fingerprint density at radius 3 is 1.80 bits per heavy atom. The van der Waals surface area contributed by atoms with Crippen LogP contribution in [0.25, 0.3) is 11.2 Å². The monoisotopic (exact) mass is 957 g/mol. The number of H-pyrrole nitrogens is 1. The van der Waals surface area contributed by atoms with Crippen molar-refractivity contribution >= 4 is 75.6 Å². The van der Waals surface area contributed by atoms with Gasteiger partial charge in [0.1, 0.15) is 28.1 Å². The minimum Gasteiger partial charge on any atom is -0.497 e. The standard InChI is InChI=1S/C20H25N5O2.C17H25ClN4O4.C6H4Cl2N2O2/c1-20(2)8-10-24(11-9-20)16-12-21-17-18(22-16)25(23-19(17)26)13-14-4-6-15(27-3)7-5-14;1-16(2,3)26-15(24)21-17(4)6-8-22(9-7-17)11-10-19-12(13(18)20-11)14(23)25-5;1-12-6(11)4-5(8)10-3(7)2-9-4/h4-7,12H,8-11,13H2,1-3H3,(H,23,26);10H,6-9H2,1-5H3,(H,21,24);2H,1H3. The highest BCUT2D eigenvalue weighted by Crippen LogP contribution is 2.32. The van der Waals surface area contributed by atoms with Crippen LogP contribution in [0.2, 0.25) is 15.5 Å². The smallest absolute Gasteiger partial charge is 0.408 e. The Morgan fingerprint density at radius 1 is 0.754 bits per heavy atom. The molecule has 4 aromatic heterocycles. The summed E-state index contributed by atoms with van der Waals surface area (Å²) >= 11 is 17.0. The van der Waals surface area contributed by atoms with Gasteiger partial charge in [-0.1, -0.05) is 60.8 Å². The van der Waals surface area contributed by atoms with Crippen LogP contribution in [0, 0.1) is 5.41 Å². The average Bonchev–Trinajstić information content (AvgIpc) is 3.56. The molecule has 2 saturated heterocycles. The Balaban J connectivity index is 0.000000196. The summed E-state index contributed by atoms with van der Waals surface area (Å²) in [4.78, 5) is 75.7. The van der Waals surface area contributed by atoms with Crippen LogP contribution >= 0.6 is 34.8 Å². The van der Waals surface area contributed by atoms with E-state index < -0.39 is 23.6 Å². The first-order chi connectivity index (χ1) is 30.6. The molecule has 0 radical (unpaired) electrons. The van der Waals surface area contributed by atoms with E-state index in [-0.39, 0.29) is 37.9 Å². The topological polar surface area (TPSA) is 222 Å². The third kappa shape index (κ3) is 13.9. The summed E-state index contributed by atoms with van der Waals surface area (Å²) in [6.07, 6.45) is 7.69. The number of methoxy groups -OCH3 is 3. The molecule has 2 N–H and O–H groups in total. The van der Waals surface area contributed by atoms with Gasteiger partial charge in [-0.05, 0) is 76.5 Å². The van der Waals surface area contributed by atoms with Gasteiger partial charge < -0.3 is 34.1 Å². The Bertz CT molecular complexity index is 2510. The molecule has 0 atom stereocenters. The molecular weight excluding hydrogens is 905 g/mol. The Hall–Kier alpha value is -5.79. The summed E-state index contributed by atoms with van der Waals surface area (Å²) in [5, 5.41) is 5.90. The number of hydrogen-bond acceptors (Lipinski definition) is 16. The number of esters is 2. The first-order valence-corrected chi connectivity index (χ1v) is 21.7. The maximum atomic E-state index is 12.3. The van der Waals surface area contributed by atoms with Crippen molar-refractivity contribution in [2.75, 3.05) is 57.3 Å². The summed E-state index contributed by atoms with van der Waals surface area (Å²) in [5.41, 5.74) is 1.25.